The van der Waals surface area contributed by atoms with Crippen molar-refractivity contribution in [3.05, 3.63) is 0 Å². The third-order valence-corrected chi connectivity index (χ3v) is 5.79. The van der Waals surface area contributed by atoms with Gasteiger partial charge in [-0.2, -0.15) is 11.8 Å². The molecule has 0 heterocycles. The molecule has 16 heavy (non-hydrogen) atoms. The lowest BCUT2D eigenvalue weighted by Gasteiger charge is -2.33. The fourth-order valence-corrected chi connectivity index (χ4v) is 4.14. The van der Waals surface area contributed by atoms with Gasteiger partial charge in [-0.05, 0) is 38.4 Å². The van der Waals surface area contributed by atoms with E-state index in [1.54, 1.807) is 0 Å². The van der Waals surface area contributed by atoms with Crippen LogP contribution in [0.1, 0.15) is 51.4 Å². The van der Waals surface area contributed by atoms with Crippen molar-refractivity contribution in [2.24, 2.45) is 5.73 Å². The molecule has 2 aliphatic rings. The Kier molecular flexibility index (Phi) is 4.57. The average Bonchev–Trinajstić information content (AvgIpc) is 2.76. The van der Waals surface area contributed by atoms with Gasteiger partial charge in [0.2, 0.25) is 0 Å². The Morgan fingerprint density at radius 2 is 2.00 bits per heavy atom. The third kappa shape index (κ3) is 3.14. The predicted octanol–water partition coefficient (Wildman–Crippen LogP) is 2.52. The summed E-state index contributed by atoms with van der Waals surface area (Å²) >= 11 is 2.08. The van der Waals surface area contributed by atoms with Gasteiger partial charge in [0.1, 0.15) is 0 Å². The topological polar surface area (TPSA) is 38.0 Å². The van der Waals surface area contributed by atoms with E-state index in [0.717, 1.165) is 0 Å². The van der Waals surface area contributed by atoms with Crippen LogP contribution in [-0.4, -0.2) is 29.6 Å². The zero-order chi connectivity index (χ0) is 11.4. The van der Waals surface area contributed by atoms with Crippen molar-refractivity contribution < 1.29 is 0 Å². The van der Waals surface area contributed by atoms with Crippen molar-refractivity contribution in [3.63, 3.8) is 0 Å². The first kappa shape index (κ1) is 12.7. The van der Waals surface area contributed by atoms with Crippen molar-refractivity contribution in [1.29, 1.82) is 0 Å². The Morgan fingerprint density at radius 1 is 1.25 bits per heavy atom. The fourth-order valence-electron chi connectivity index (χ4n) is 3.22. The first-order chi connectivity index (χ1) is 7.74. The highest BCUT2D eigenvalue weighted by Gasteiger charge is 2.33. The lowest BCUT2D eigenvalue weighted by molar-refractivity contribution is 0.328. The van der Waals surface area contributed by atoms with Crippen molar-refractivity contribution >= 4 is 11.8 Å². The van der Waals surface area contributed by atoms with Crippen LogP contribution < -0.4 is 11.1 Å². The zero-order valence-electron chi connectivity index (χ0n) is 10.5. The monoisotopic (exact) mass is 242 g/mol. The molecule has 0 bridgehead atoms. The van der Waals surface area contributed by atoms with Crippen LogP contribution in [0, 0.1) is 0 Å². The molecule has 3 N–H and O–H groups in total. The second kappa shape index (κ2) is 5.74. The van der Waals surface area contributed by atoms with E-state index in [1.807, 2.05) is 0 Å². The fraction of sp³-hybridized carbons (Fsp3) is 1.00. The van der Waals surface area contributed by atoms with E-state index in [2.05, 4.69) is 23.3 Å². The maximum atomic E-state index is 6.03. The molecule has 2 saturated carbocycles. The van der Waals surface area contributed by atoms with Gasteiger partial charge in [0.05, 0.1) is 0 Å². The van der Waals surface area contributed by atoms with Crippen LogP contribution in [0.4, 0.5) is 0 Å². The molecule has 94 valence electrons. The maximum Gasteiger partial charge on any atom is 0.0281 e. The highest BCUT2D eigenvalue weighted by molar-refractivity contribution is 8.00. The standard InChI is InChI=1S/C13H26N2S/c1-16-13(7-2-3-8-13)10-15-12-6-4-5-11(14)9-12/h11-12,15H,2-10,14H2,1H3. The third-order valence-electron chi connectivity index (χ3n) is 4.38. The van der Waals surface area contributed by atoms with Gasteiger partial charge in [0, 0.05) is 23.4 Å². The predicted molar refractivity (Wildman–Crippen MR) is 72.9 cm³/mol. The maximum absolute atomic E-state index is 6.03. The van der Waals surface area contributed by atoms with Crippen LogP contribution in [0.5, 0.6) is 0 Å². The quantitative estimate of drug-likeness (QED) is 0.795. The molecule has 0 spiro atoms. The van der Waals surface area contributed by atoms with E-state index in [1.165, 1.54) is 57.9 Å². The molecule has 3 heteroatoms. The molecule has 2 rings (SSSR count). The minimum atomic E-state index is 0.444. The van der Waals surface area contributed by atoms with Crippen LogP contribution in [0.15, 0.2) is 0 Å². The summed E-state index contributed by atoms with van der Waals surface area (Å²) in [5.41, 5.74) is 6.03. The highest BCUT2D eigenvalue weighted by Crippen LogP contribution is 2.39. The molecule has 0 aromatic rings. The molecule has 0 aliphatic heterocycles. The van der Waals surface area contributed by atoms with E-state index in [9.17, 15) is 0 Å². The van der Waals surface area contributed by atoms with Crippen LogP contribution in [0.2, 0.25) is 0 Å². The molecule has 2 nitrogen and oxygen atoms in total. The highest BCUT2D eigenvalue weighted by atomic mass is 32.2. The minimum absolute atomic E-state index is 0.444. The summed E-state index contributed by atoms with van der Waals surface area (Å²) in [6.07, 6.45) is 13.0. The van der Waals surface area contributed by atoms with E-state index in [0.29, 0.717) is 16.8 Å². The minimum Gasteiger partial charge on any atom is -0.328 e. The number of rotatable bonds is 4. The molecular weight excluding hydrogens is 216 g/mol. The van der Waals surface area contributed by atoms with Gasteiger partial charge in [-0.15, -0.1) is 0 Å². The van der Waals surface area contributed by atoms with Gasteiger partial charge in [-0.25, -0.2) is 0 Å². The van der Waals surface area contributed by atoms with E-state index in [-0.39, 0.29) is 0 Å². The second-order valence-corrected chi connectivity index (χ2v) is 6.87. The molecular formula is C13H26N2S. The van der Waals surface area contributed by atoms with Crippen molar-refractivity contribution in [1.82, 2.24) is 5.32 Å². The van der Waals surface area contributed by atoms with Gasteiger partial charge >= 0.3 is 0 Å². The Labute approximate surface area is 104 Å². The van der Waals surface area contributed by atoms with Crippen LogP contribution in [-0.2, 0) is 0 Å². The Morgan fingerprint density at radius 3 is 2.62 bits per heavy atom. The summed E-state index contributed by atoms with van der Waals surface area (Å²) in [5.74, 6) is 0. The van der Waals surface area contributed by atoms with Crippen molar-refractivity contribution in [2.45, 2.75) is 68.2 Å². The van der Waals surface area contributed by atoms with Gasteiger partial charge in [-0.3, -0.25) is 0 Å². The molecule has 0 saturated heterocycles. The van der Waals surface area contributed by atoms with E-state index < -0.39 is 0 Å². The van der Waals surface area contributed by atoms with Crippen LogP contribution in [0.3, 0.4) is 0 Å². The number of hydrogen-bond acceptors (Lipinski definition) is 3. The molecule has 0 aromatic carbocycles. The molecule has 2 unspecified atom stereocenters. The zero-order valence-corrected chi connectivity index (χ0v) is 11.3. The van der Waals surface area contributed by atoms with Gasteiger partial charge in [-0.1, -0.05) is 19.3 Å². The lowest BCUT2D eigenvalue weighted by atomic mass is 9.91. The van der Waals surface area contributed by atoms with Gasteiger partial charge in [0.15, 0.2) is 0 Å². The summed E-state index contributed by atoms with van der Waals surface area (Å²) in [4.78, 5) is 0. The smallest absolute Gasteiger partial charge is 0.0281 e. The van der Waals surface area contributed by atoms with Crippen molar-refractivity contribution in [3.8, 4) is 0 Å². The summed E-state index contributed by atoms with van der Waals surface area (Å²) < 4.78 is 0.543. The Hall–Kier alpha value is 0.270. The molecule has 2 atom stereocenters. The first-order valence-corrected chi connectivity index (χ1v) is 8.01. The molecule has 0 aromatic heterocycles. The number of nitrogens with one attached hydrogen (secondary N) is 1. The second-order valence-electron chi connectivity index (χ2n) is 5.60. The normalized spacial score (nSPS) is 34.1. The van der Waals surface area contributed by atoms with Gasteiger partial charge < -0.3 is 11.1 Å². The van der Waals surface area contributed by atoms with Crippen LogP contribution in [0.25, 0.3) is 0 Å². The van der Waals surface area contributed by atoms with Crippen LogP contribution >= 0.6 is 11.8 Å². The number of nitrogens with two attached hydrogens (primary N) is 1. The summed E-state index contributed by atoms with van der Waals surface area (Å²) in [5, 5.41) is 3.78. The molecule has 2 fully saturated rings. The Bertz CT molecular complexity index is 214. The summed E-state index contributed by atoms with van der Waals surface area (Å²) in [6.45, 7) is 1.20. The van der Waals surface area contributed by atoms with E-state index in [4.69, 9.17) is 5.73 Å². The summed E-state index contributed by atoms with van der Waals surface area (Å²) in [6, 6.07) is 1.13. The van der Waals surface area contributed by atoms with Crippen molar-refractivity contribution in [2.75, 3.05) is 12.8 Å². The lowest BCUT2D eigenvalue weighted by Crippen LogP contribution is -2.45. The van der Waals surface area contributed by atoms with E-state index >= 15 is 0 Å². The summed E-state index contributed by atoms with van der Waals surface area (Å²) in [7, 11) is 0. The number of thioether (sulfide) groups is 1. The average molecular weight is 242 g/mol. The number of hydrogen-bond donors (Lipinski definition) is 2. The largest absolute Gasteiger partial charge is 0.328 e. The molecule has 0 amide bonds. The first-order valence-electron chi connectivity index (χ1n) is 6.78. The molecule has 0 radical (unpaired) electrons. The Balaban J connectivity index is 1.77. The SMILES string of the molecule is CSC1(CNC2CCCC(N)C2)CCCC1. The van der Waals surface area contributed by atoms with Gasteiger partial charge in [0.25, 0.3) is 0 Å². The molecule has 2 aliphatic carbocycles.